The quantitative estimate of drug-likeness (QED) is 0.646. The van der Waals surface area contributed by atoms with Crippen LogP contribution in [0.2, 0.25) is 0 Å². The van der Waals surface area contributed by atoms with Crippen LogP contribution in [-0.2, 0) is 4.57 Å². The summed E-state index contributed by atoms with van der Waals surface area (Å²) in [6.07, 6.45) is 0. The standard InChI is InChI=1S/C21H29N2OP/c1-14-10-16(3)20(17(4)11-14)22-8-9-23(25(22,7)24)21-18(5)12-15(2)13-19(21)6/h10-13H,8-9H2,1-7H3. The second kappa shape index (κ2) is 6.21. The fraction of sp³-hybridized carbons (Fsp3) is 0.429. The lowest BCUT2D eigenvalue weighted by atomic mass is 10.0. The predicted octanol–water partition coefficient (Wildman–Crippen LogP) is 5.69. The molecule has 0 radical (unpaired) electrons. The van der Waals surface area contributed by atoms with Crippen molar-refractivity contribution >= 4 is 18.8 Å². The lowest BCUT2D eigenvalue weighted by molar-refractivity contribution is 0.578. The van der Waals surface area contributed by atoms with Gasteiger partial charge in [0, 0.05) is 31.1 Å². The van der Waals surface area contributed by atoms with Crippen molar-refractivity contribution in [2.45, 2.75) is 41.5 Å². The Morgan fingerprint density at radius 2 is 0.960 bits per heavy atom. The number of benzene rings is 2. The molecule has 1 heterocycles. The van der Waals surface area contributed by atoms with Crippen LogP contribution in [0.3, 0.4) is 0 Å². The van der Waals surface area contributed by atoms with Gasteiger partial charge in [-0.3, -0.25) is 4.57 Å². The molecule has 1 aliphatic heterocycles. The van der Waals surface area contributed by atoms with Gasteiger partial charge in [0.1, 0.15) is 0 Å². The molecule has 3 nitrogen and oxygen atoms in total. The highest BCUT2D eigenvalue weighted by atomic mass is 31.2. The van der Waals surface area contributed by atoms with Crippen molar-refractivity contribution in [3.05, 3.63) is 57.6 Å². The number of hydrogen-bond acceptors (Lipinski definition) is 1. The van der Waals surface area contributed by atoms with Crippen molar-refractivity contribution < 1.29 is 4.57 Å². The minimum absolute atomic E-state index is 0.797. The molecular weight excluding hydrogens is 327 g/mol. The number of anilines is 2. The van der Waals surface area contributed by atoms with E-state index in [0.29, 0.717) is 0 Å². The van der Waals surface area contributed by atoms with Crippen LogP contribution in [-0.4, -0.2) is 19.8 Å². The number of nitrogens with zero attached hydrogens (tertiary/aromatic N) is 2. The first-order valence-electron chi connectivity index (χ1n) is 8.92. The third-order valence-electron chi connectivity index (χ3n) is 5.21. The van der Waals surface area contributed by atoms with E-state index in [1.165, 1.54) is 33.4 Å². The molecule has 25 heavy (non-hydrogen) atoms. The summed E-state index contributed by atoms with van der Waals surface area (Å²) in [5, 5.41) is 0. The first-order valence-corrected chi connectivity index (χ1v) is 11.0. The van der Waals surface area contributed by atoms with E-state index in [4.69, 9.17) is 0 Å². The first kappa shape index (κ1) is 18.1. The fourth-order valence-electron chi connectivity index (χ4n) is 4.44. The zero-order chi connectivity index (χ0) is 18.5. The number of rotatable bonds is 2. The van der Waals surface area contributed by atoms with Gasteiger partial charge in [-0.1, -0.05) is 35.4 Å². The molecule has 0 saturated carbocycles. The van der Waals surface area contributed by atoms with Crippen LogP contribution in [0.4, 0.5) is 11.4 Å². The Hall–Kier alpha value is -1.73. The summed E-state index contributed by atoms with van der Waals surface area (Å²) in [5.41, 5.74) is 9.62. The fourth-order valence-corrected chi connectivity index (χ4v) is 7.00. The van der Waals surface area contributed by atoms with Crippen LogP contribution in [0.1, 0.15) is 33.4 Å². The third kappa shape index (κ3) is 3.00. The van der Waals surface area contributed by atoms with Crippen LogP contribution in [0.15, 0.2) is 24.3 Å². The Bertz CT molecular complexity index is 772. The van der Waals surface area contributed by atoms with E-state index in [1.807, 2.05) is 6.66 Å². The Kier molecular flexibility index (Phi) is 4.49. The van der Waals surface area contributed by atoms with E-state index in [0.717, 1.165) is 24.5 Å². The van der Waals surface area contributed by atoms with E-state index in [9.17, 15) is 4.57 Å². The van der Waals surface area contributed by atoms with Crippen LogP contribution >= 0.6 is 7.44 Å². The lowest BCUT2D eigenvalue weighted by Gasteiger charge is -2.33. The molecular formula is C21H29N2OP. The zero-order valence-electron chi connectivity index (χ0n) is 16.5. The second-order valence-corrected chi connectivity index (χ2v) is 10.2. The van der Waals surface area contributed by atoms with Crippen molar-refractivity contribution in [1.29, 1.82) is 0 Å². The maximum atomic E-state index is 13.9. The largest absolute Gasteiger partial charge is 0.305 e. The van der Waals surface area contributed by atoms with E-state index in [1.54, 1.807) is 0 Å². The van der Waals surface area contributed by atoms with E-state index in [-0.39, 0.29) is 0 Å². The van der Waals surface area contributed by atoms with Gasteiger partial charge in [0.2, 0.25) is 0 Å². The Morgan fingerprint density at radius 1 is 0.680 bits per heavy atom. The Labute approximate surface area is 152 Å². The van der Waals surface area contributed by atoms with Gasteiger partial charge in [0.25, 0.3) is 7.44 Å². The molecule has 0 aromatic heterocycles. The van der Waals surface area contributed by atoms with Crippen LogP contribution in [0.5, 0.6) is 0 Å². The van der Waals surface area contributed by atoms with E-state index < -0.39 is 7.44 Å². The summed E-state index contributed by atoms with van der Waals surface area (Å²) in [6.45, 7) is 16.2. The Morgan fingerprint density at radius 3 is 1.24 bits per heavy atom. The van der Waals surface area contributed by atoms with Crippen LogP contribution < -0.4 is 9.34 Å². The average molecular weight is 356 g/mol. The normalized spacial score (nSPS) is 16.6. The molecule has 134 valence electrons. The van der Waals surface area contributed by atoms with Gasteiger partial charge in [-0.25, -0.2) is 0 Å². The third-order valence-corrected chi connectivity index (χ3v) is 7.80. The molecule has 1 aliphatic rings. The summed E-state index contributed by atoms with van der Waals surface area (Å²) < 4.78 is 18.2. The average Bonchev–Trinajstić information content (AvgIpc) is 2.73. The molecule has 0 N–H and O–H groups in total. The Balaban J connectivity index is 2.09. The van der Waals surface area contributed by atoms with Gasteiger partial charge in [0.05, 0.1) is 0 Å². The van der Waals surface area contributed by atoms with Gasteiger partial charge >= 0.3 is 0 Å². The lowest BCUT2D eigenvalue weighted by Crippen LogP contribution is -2.20. The van der Waals surface area contributed by atoms with E-state index in [2.05, 4.69) is 75.1 Å². The van der Waals surface area contributed by atoms with Crippen molar-refractivity contribution in [1.82, 2.24) is 0 Å². The minimum Gasteiger partial charge on any atom is -0.305 e. The SMILES string of the molecule is Cc1cc(C)c(N2CCN(c3c(C)cc(C)cc3C)P2(C)=O)c(C)c1. The highest BCUT2D eigenvalue weighted by molar-refractivity contribution is 7.66. The molecule has 0 aliphatic carbocycles. The van der Waals surface area contributed by atoms with Crippen molar-refractivity contribution in [3.63, 3.8) is 0 Å². The van der Waals surface area contributed by atoms with Crippen LogP contribution in [0, 0.1) is 41.5 Å². The molecule has 0 amide bonds. The predicted molar refractivity (Wildman–Crippen MR) is 110 cm³/mol. The monoisotopic (exact) mass is 356 g/mol. The highest BCUT2D eigenvalue weighted by Crippen LogP contribution is 2.59. The van der Waals surface area contributed by atoms with E-state index >= 15 is 0 Å². The minimum atomic E-state index is -2.68. The molecule has 1 saturated heterocycles. The molecule has 3 rings (SSSR count). The second-order valence-electron chi connectivity index (χ2n) is 7.58. The van der Waals surface area contributed by atoms with Crippen molar-refractivity contribution in [3.8, 4) is 0 Å². The number of hydrogen-bond donors (Lipinski definition) is 0. The molecule has 0 bridgehead atoms. The zero-order valence-corrected chi connectivity index (χ0v) is 17.4. The van der Waals surface area contributed by atoms with Gasteiger partial charge in [-0.05, 0) is 63.8 Å². The summed E-state index contributed by atoms with van der Waals surface area (Å²) in [7, 11) is -2.68. The smallest absolute Gasteiger partial charge is 0.260 e. The molecule has 0 unspecified atom stereocenters. The molecule has 2 aromatic rings. The summed E-state index contributed by atoms with van der Waals surface area (Å²) in [5.74, 6) is 0. The van der Waals surface area contributed by atoms with Crippen LogP contribution in [0.25, 0.3) is 0 Å². The van der Waals surface area contributed by atoms with Crippen molar-refractivity contribution in [2.24, 2.45) is 0 Å². The maximum absolute atomic E-state index is 13.9. The van der Waals surface area contributed by atoms with Gasteiger partial charge in [0.15, 0.2) is 0 Å². The van der Waals surface area contributed by atoms with Gasteiger partial charge < -0.3 is 9.34 Å². The van der Waals surface area contributed by atoms with Gasteiger partial charge in [-0.15, -0.1) is 0 Å². The molecule has 1 fully saturated rings. The van der Waals surface area contributed by atoms with Gasteiger partial charge in [-0.2, -0.15) is 0 Å². The molecule has 0 spiro atoms. The number of aryl methyl sites for hydroxylation is 6. The van der Waals surface area contributed by atoms with Crippen molar-refractivity contribution in [2.75, 3.05) is 29.1 Å². The summed E-state index contributed by atoms with van der Waals surface area (Å²) in [4.78, 5) is 0. The molecule has 0 atom stereocenters. The summed E-state index contributed by atoms with van der Waals surface area (Å²) in [6, 6.07) is 8.75. The first-order chi connectivity index (χ1) is 11.6. The molecule has 2 aromatic carbocycles. The highest BCUT2D eigenvalue weighted by Gasteiger charge is 2.41. The molecule has 4 heteroatoms. The topological polar surface area (TPSA) is 23.6 Å². The maximum Gasteiger partial charge on any atom is 0.260 e. The summed E-state index contributed by atoms with van der Waals surface area (Å²) >= 11 is 0.